The molecule has 7 heteroatoms. The molecule has 0 radical (unpaired) electrons. The van der Waals surface area contributed by atoms with Gasteiger partial charge in [-0.1, -0.05) is 44.2 Å². The number of piperazine rings is 1. The largest absolute Gasteiger partial charge is 0.328 e. The van der Waals surface area contributed by atoms with Crippen LogP contribution in [0.2, 0.25) is 0 Å². The van der Waals surface area contributed by atoms with Crippen LogP contribution >= 0.6 is 0 Å². The van der Waals surface area contributed by atoms with Crippen LogP contribution < -0.4 is 5.32 Å². The standard InChI is InChI=1S/C23H26FN3O3/c1-3-17-7-5-6-8-19(17)25-21(28)20(4-2)27-14-13-26(22(29)23(27)30)15-16-9-11-18(24)12-10-16/h5-12,20H,3-4,13-15H2,1-2H3,(H,25,28). The summed E-state index contributed by atoms with van der Waals surface area (Å²) in [4.78, 5) is 41.1. The first-order valence-corrected chi connectivity index (χ1v) is 10.2. The van der Waals surface area contributed by atoms with Gasteiger partial charge in [-0.3, -0.25) is 14.4 Å². The van der Waals surface area contributed by atoms with E-state index in [0.29, 0.717) is 13.0 Å². The molecule has 2 aromatic carbocycles. The van der Waals surface area contributed by atoms with Gasteiger partial charge in [0.05, 0.1) is 0 Å². The summed E-state index contributed by atoms with van der Waals surface area (Å²) in [6.45, 7) is 4.64. The maximum Gasteiger partial charge on any atom is 0.312 e. The fourth-order valence-corrected chi connectivity index (χ4v) is 3.66. The molecule has 158 valence electrons. The molecule has 1 aliphatic heterocycles. The molecule has 1 fully saturated rings. The van der Waals surface area contributed by atoms with Crippen LogP contribution in [-0.4, -0.2) is 46.7 Å². The molecular weight excluding hydrogens is 385 g/mol. The number of carbonyl (C=O) groups excluding carboxylic acids is 3. The second-order valence-electron chi connectivity index (χ2n) is 7.28. The van der Waals surface area contributed by atoms with Gasteiger partial charge < -0.3 is 15.1 Å². The lowest BCUT2D eigenvalue weighted by Gasteiger charge is -2.37. The highest BCUT2D eigenvalue weighted by Gasteiger charge is 2.38. The highest BCUT2D eigenvalue weighted by atomic mass is 19.1. The monoisotopic (exact) mass is 411 g/mol. The summed E-state index contributed by atoms with van der Waals surface area (Å²) in [5, 5.41) is 2.91. The number of aryl methyl sites for hydroxylation is 1. The summed E-state index contributed by atoms with van der Waals surface area (Å²) < 4.78 is 13.1. The van der Waals surface area contributed by atoms with Gasteiger partial charge in [0.15, 0.2) is 0 Å². The molecule has 6 nitrogen and oxygen atoms in total. The first kappa shape index (κ1) is 21.5. The number of benzene rings is 2. The van der Waals surface area contributed by atoms with Crippen LogP contribution in [0.25, 0.3) is 0 Å². The third-order valence-electron chi connectivity index (χ3n) is 5.35. The molecule has 0 saturated carbocycles. The summed E-state index contributed by atoms with van der Waals surface area (Å²) in [5.41, 5.74) is 2.47. The third kappa shape index (κ3) is 4.67. The van der Waals surface area contributed by atoms with Gasteiger partial charge in [-0.15, -0.1) is 0 Å². The molecule has 1 aliphatic rings. The summed E-state index contributed by atoms with van der Waals surface area (Å²) in [6.07, 6.45) is 1.17. The second kappa shape index (κ2) is 9.52. The van der Waals surface area contributed by atoms with Crippen molar-refractivity contribution in [1.82, 2.24) is 9.80 Å². The van der Waals surface area contributed by atoms with E-state index in [0.717, 1.165) is 23.2 Å². The molecule has 3 rings (SSSR count). The third-order valence-corrected chi connectivity index (χ3v) is 5.35. The summed E-state index contributed by atoms with van der Waals surface area (Å²) >= 11 is 0. The number of rotatable bonds is 7. The Bertz CT molecular complexity index is 930. The number of hydrogen-bond acceptors (Lipinski definition) is 3. The Hall–Kier alpha value is -3.22. The maximum atomic E-state index is 13.1. The topological polar surface area (TPSA) is 69.7 Å². The molecule has 1 saturated heterocycles. The van der Waals surface area contributed by atoms with Crippen molar-refractivity contribution in [1.29, 1.82) is 0 Å². The Morgan fingerprint density at radius 3 is 2.40 bits per heavy atom. The van der Waals surface area contributed by atoms with Crippen molar-refractivity contribution in [2.24, 2.45) is 0 Å². The van der Waals surface area contributed by atoms with Crippen molar-refractivity contribution < 1.29 is 18.8 Å². The van der Waals surface area contributed by atoms with E-state index in [9.17, 15) is 18.8 Å². The van der Waals surface area contributed by atoms with E-state index in [2.05, 4.69) is 5.32 Å². The Morgan fingerprint density at radius 2 is 1.73 bits per heavy atom. The number of halogens is 1. The summed E-state index contributed by atoms with van der Waals surface area (Å²) in [5.74, 6) is -1.99. The minimum Gasteiger partial charge on any atom is -0.328 e. The zero-order valence-corrected chi connectivity index (χ0v) is 17.2. The molecule has 1 unspecified atom stereocenters. The zero-order valence-electron chi connectivity index (χ0n) is 17.2. The number of hydrogen-bond donors (Lipinski definition) is 1. The molecule has 2 aromatic rings. The molecule has 0 aliphatic carbocycles. The highest BCUT2D eigenvalue weighted by molar-refractivity contribution is 6.35. The van der Waals surface area contributed by atoms with Crippen molar-refractivity contribution in [2.75, 3.05) is 18.4 Å². The lowest BCUT2D eigenvalue weighted by molar-refractivity contribution is -0.159. The van der Waals surface area contributed by atoms with Crippen LogP contribution in [-0.2, 0) is 27.3 Å². The van der Waals surface area contributed by atoms with Crippen molar-refractivity contribution in [3.63, 3.8) is 0 Å². The number of carbonyl (C=O) groups is 3. The Morgan fingerprint density at radius 1 is 1.03 bits per heavy atom. The van der Waals surface area contributed by atoms with Gasteiger partial charge in [0, 0.05) is 25.3 Å². The van der Waals surface area contributed by atoms with Gasteiger partial charge >= 0.3 is 11.8 Å². The lowest BCUT2D eigenvalue weighted by atomic mass is 10.1. The first-order valence-electron chi connectivity index (χ1n) is 10.2. The van der Waals surface area contributed by atoms with E-state index < -0.39 is 17.9 Å². The molecule has 0 aromatic heterocycles. The molecule has 1 N–H and O–H groups in total. The van der Waals surface area contributed by atoms with Gasteiger partial charge in [0.1, 0.15) is 11.9 Å². The Labute approximate surface area is 175 Å². The average molecular weight is 411 g/mol. The second-order valence-corrected chi connectivity index (χ2v) is 7.28. The minimum absolute atomic E-state index is 0.228. The highest BCUT2D eigenvalue weighted by Crippen LogP contribution is 2.19. The number of para-hydroxylation sites is 1. The Kier molecular flexibility index (Phi) is 6.82. The number of anilines is 1. The van der Waals surface area contributed by atoms with Crippen molar-refractivity contribution in [3.8, 4) is 0 Å². The van der Waals surface area contributed by atoms with Gasteiger partial charge in [-0.05, 0) is 42.2 Å². The predicted molar refractivity (Wildman–Crippen MR) is 112 cm³/mol. The normalized spacial score (nSPS) is 15.3. The van der Waals surface area contributed by atoms with E-state index >= 15 is 0 Å². The number of amides is 3. The van der Waals surface area contributed by atoms with Gasteiger partial charge in [-0.2, -0.15) is 0 Å². The van der Waals surface area contributed by atoms with Gasteiger partial charge in [-0.25, -0.2) is 4.39 Å². The molecule has 1 heterocycles. The molecule has 30 heavy (non-hydrogen) atoms. The van der Waals surface area contributed by atoms with Crippen molar-refractivity contribution >= 4 is 23.4 Å². The van der Waals surface area contributed by atoms with Crippen LogP contribution in [0, 0.1) is 5.82 Å². The number of nitrogens with one attached hydrogen (secondary N) is 1. The smallest absolute Gasteiger partial charge is 0.312 e. The minimum atomic E-state index is -0.723. The van der Waals surface area contributed by atoms with E-state index in [4.69, 9.17) is 0 Å². The number of nitrogens with zero attached hydrogens (tertiary/aromatic N) is 2. The molecule has 0 bridgehead atoms. The molecule has 1 atom stereocenters. The van der Waals surface area contributed by atoms with Crippen LogP contribution in [0.15, 0.2) is 48.5 Å². The fraction of sp³-hybridized carbons (Fsp3) is 0.348. The molecule has 3 amide bonds. The fourth-order valence-electron chi connectivity index (χ4n) is 3.66. The van der Waals surface area contributed by atoms with E-state index in [1.807, 2.05) is 38.1 Å². The van der Waals surface area contributed by atoms with Crippen molar-refractivity contribution in [3.05, 3.63) is 65.5 Å². The average Bonchev–Trinajstić information content (AvgIpc) is 2.75. The van der Waals surface area contributed by atoms with Crippen LogP contribution in [0.5, 0.6) is 0 Å². The van der Waals surface area contributed by atoms with E-state index in [1.54, 1.807) is 12.1 Å². The molecule has 0 spiro atoms. The summed E-state index contributed by atoms with van der Waals surface area (Å²) in [6, 6.07) is 12.6. The molecular formula is C23H26FN3O3. The predicted octanol–water partition coefficient (Wildman–Crippen LogP) is 2.98. The van der Waals surface area contributed by atoms with Gasteiger partial charge in [0.2, 0.25) is 5.91 Å². The van der Waals surface area contributed by atoms with Crippen LogP contribution in [0.4, 0.5) is 10.1 Å². The van der Waals surface area contributed by atoms with E-state index in [-0.39, 0.29) is 24.8 Å². The van der Waals surface area contributed by atoms with Crippen LogP contribution in [0.3, 0.4) is 0 Å². The SMILES string of the molecule is CCc1ccccc1NC(=O)C(CC)N1CCN(Cc2ccc(F)cc2)C(=O)C1=O. The maximum absolute atomic E-state index is 13.1. The van der Waals surface area contributed by atoms with Crippen LogP contribution in [0.1, 0.15) is 31.4 Å². The van der Waals surface area contributed by atoms with Crippen molar-refractivity contribution in [2.45, 2.75) is 39.3 Å². The quantitative estimate of drug-likeness (QED) is 0.712. The van der Waals surface area contributed by atoms with Gasteiger partial charge in [0.25, 0.3) is 0 Å². The zero-order chi connectivity index (χ0) is 21.7. The first-order chi connectivity index (χ1) is 14.4. The van der Waals surface area contributed by atoms with E-state index in [1.165, 1.54) is 21.9 Å². The summed E-state index contributed by atoms with van der Waals surface area (Å²) in [7, 11) is 0. The lowest BCUT2D eigenvalue weighted by Crippen LogP contribution is -2.59. The Balaban J connectivity index is 1.68.